The lowest BCUT2D eigenvalue weighted by atomic mass is 10.1. The van der Waals surface area contributed by atoms with Gasteiger partial charge in [-0.05, 0) is 52.6 Å². The Labute approximate surface area is 232 Å². The Hall–Kier alpha value is -4.32. The van der Waals surface area contributed by atoms with E-state index in [2.05, 4.69) is 4.98 Å². The number of hydrogen-bond donors (Lipinski definition) is 0. The lowest BCUT2D eigenvalue weighted by molar-refractivity contribution is -0.138. The highest BCUT2D eigenvalue weighted by atomic mass is 35.5. The molecule has 0 aliphatic carbocycles. The smallest absolute Gasteiger partial charge is 0.304 e. The molecule has 6 nitrogen and oxygen atoms in total. The Bertz CT molecular complexity index is 1820. The van der Waals surface area contributed by atoms with E-state index in [4.69, 9.17) is 11.6 Å². The Morgan fingerprint density at radius 3 is 1.54 bits per heavy atom. The number of imidazole rings is 1. The van der Waals surface area contributed by atoms with Crippen LogP contribution in [0.25, 0.3) is 11.2 Å². The average molecular weight is 593 g/mol. The van der Waals surface area contributed by atoms with Crippen LogP contribution in [0.2, 0.25) is 5.28 Å². The second-order valence-electron chi connectivity index (χ2n) is 9.27. The van der Waals surface area contributed by atoms with Crippen molar-refractivity contribution in [2.45, 2.75) is 32.0 Å². The lowest BCUT2D eigenvalue weighted by Gasteiger charge is -2.14. The van der Waals surface area contributed by atoms with E-state index < -0.39 is 34.7 Å². The summed E-state index contributed by atoms with van der Waals surface area (Å²) >= 11 is 6.42. The third-order valence-corrected chi connectivity index (χ3v) is 6.78. The van der Waals surface area contributed by atoms with Crippen LogP contribution in [0.4, 0.5) is 26.3 Å². The third-order valence-electron chi connectivity index (χ3n) is 6.50. The van der Waals surface area contributed by atoms with Crippen LogP contribution < -0.4 is 11.2 Å². The summed E-state index contributed by atoms with van der Waals surface area (Å²) in [6, 6.07) is 17.1. The number of aromatic nitrogens is 4. The molecule has 0 radical (unpaired) electrons. The second-order valence-corrected chi connectivity index (χ2v) is 9.61. The zero-order valence-corrected chi connectivity index (χ0v) is 21.6. The van der Waals surface area contributed by atoms with Crippen molar-refractivity contribution in [2.75, 3.05) is 0 Å². The van der Waals surface area contributed by atoms with Crippen LogP contribution in [0.1, 0.15) is 27.8 Å². The van der Waals surface area contributed by atoms with Gasteiger partial charge in [0.1, 0.15) is 0 Å². The standard InChI is InChI=1S/C28H19ClF6N4O2/c29-25-36-23-22(37(25)14-17-4-2-1-3-5-17)24(40)39(16-19-8-12-21(13-9-19)28(33,34)35)26(41)38(23)15-18-6-10-20(11-7-18)27(30,31)32/h1-13H,14-16H2. The first-order valence-electron chi connectivity index (χ1n) is 12.1. The van der Waals surface area contributed by atoms with Crippen LogP contribution in [0, 0.1) is 0 Å². The van der Waals surface area contributed by atoms with E-state index in [1.165, 1.54) is 16.7 Å². The van der Waals surface area contributed by atoms with Gasteiger partial charge in [-0.1, -0.05) is 54.6 Å². The highest BCUT2D eigenvalue weighted by molar-refractivity contribution is 6.29. The van der Waals surface area contributed by atoms with Crippen LogP contribution in [-0.2, 0) is 32.0 Å². The summed E-state index contributed by atoms with van der Waals surface area (Å²) in [7, 11) is 0. The van der Waals surface area contributed by atoms with Gasteiger partial charge < -0.3 is 4.57 Å². The summed E-state index contributed by atoms with van der Waals surface area (Å²) < 4.78 is 81.6. The Kier molecular flexibility index (Phi) is 7.28. The number of fused-ring (bicyclic) bond motifs is 1. The van der Waals surface area contributed by atoms with E-state index in [-0.39, 0.29) is 41.6 Å². The molecule has 0 N–H and O–H groups in total. The molecule has 5 rings (SSSR count). The fourth-order valence-corrected chi connectivity index (χ4v) is 4.64. The highest BCUT2D eigenvalue weighted by Gasteiger charge is 2.31. The van der Waals surface area contributed by atoms with Crippen LogP contribution >= 0.6 is 11.6 Å². The van der Waals surface area contributed by atoms with Gasteiger partial charge in [0.05, 0.1) is 30.8 Å². The van der Waals surface area contributed by atoms with Crippen molar-refractivity contribution < 1.29 is 26.3 Å². The molecule has 0 saturated heterocycles. The molecule has 0 bridgehead atoms. The first kappa shape index (κ1) is 28.2. The van der Waals surface area contributed by atoms with Crippen molar-refractivity contribution in [3.8, 4) is 0 Å². The molecule has 0 unspecified atom stereocenters. The molecule has 3 aromatic carbocycles. The lowest BCUT2D eigenvalue weighted by Crippen LogP contribution is -2.41. The van der Waals surface area contributed by atoms with E-state index >= 15 is 0 Å². The Balaban J connectivity index is 1.66. The van der Waals surface area contributed by atoms with E-state index in [1.54, 1.807) is 30.3 Å². The summed E-state index contributed by atoms with van der Waals surface area (Å²) in [6.45, 7) is -0.503. The van der Waals surface area contributed by atoms with Gasteiger partial charge >= 0.3 is 18.0 Å². The number of alkyl halides is 6. The number of halogens is 7. The molecule has 0 aliphatic rings. The number of nitrogens with zero attached hydrogens (tertiary/aromatic N) is 4. The monoisotopic (exact) mass is 592 g/mol. The predicted octanol–water partition coefficient (Wildman–Crippen LogP) is 6.20. The minimum Gasteiger partial charge on any atom is -0.304 e. The number of hydrogen-bond acceptors (Lipinski definition) is 3. The van der Waals surface area contributed by atoms with E-state index in [1.807, 2.05) is 0 Å². The first-order chi connectivity index (χ1) is 19.3. The number of benzene rings is 3. The van der Waals surface area contributed by atoms with Gasteiger partial charge in [-0.15, -0.1) is 0 Å². The molecule has 212 valence electrons. The molecule has 0 amide bonds. The molecule has 13 heteroatoms. The maximum atomic E-state index is 13.7. The molecule has 0 saturated carbocycles. The molecular weight excluding hydrogens is 574 g/mol. The quantitative estimate of drug-likeness (QED) is 0.174. The van der Waals surface area contributed by atoms with Crippen LogP contribution in [0.5, 0.6) is 0 Å². The first-order valence-corrected chi connectivity index (χ1v) is 12.5. The largest absolute Gasteiger partial charge is 0.416 e. The molecule has 0 spiro atoms. The maximum absolute atomic E-state index is 13.7. The van der Waals surface area contributed by atoms with Crippen molar-refractivity contribution in [3.05, 3.63) is 133 Å². The summed E-state index contributed by atoms with van der Waals surface area (Å²) in [6.07, 6.45) is -9.12. The molecule has 0 fully saturated rings. The minimum absolute atomic E-state index is 0.0442. The fraction of sp³-hybridized carbons (Fsp3) is 0.179. The van der Waals surface area contributed by atoms with Crippen LogP contribution in [0.3, 0.4) is 0 Å². The summed E-state index contributed by atoms with van der Waals surface area (Å²) in [5.41, 5.74) is -2.19. The Morgan fingerprint density at radius 2 is 1.05 bits per heavy atom. The van der Waals surface area contributed by atoms with Gasteiger partial charge in [0.2, 0.25) is 5.28 Å². The van der Waals surface area contributed by atoms with Crippen LogP contribution in [-0.4, -0.2) is 18.7 Å². The van der Waals surface area contributed by atoms with Gasteiger partial charge in [0.25, 0.3) is 5.56 Å². The fourth-order valence-electron chi connectivity index (χ4n) is 4.42. The van der Waals surface area contributed by atoms with Crippen molar-refractivity contribution in [2.24, 2.45) is 0 Å². The van der Waals surface area contributed by atoms with Gasteiger partial charge in [-0.2, -0.15) is 31.3 Å². The van der Waals surface area contributed by atoms with Gasteiger partial charge in [0, 0.05) is 0 Å². The molecule has 2 aromatic heterocycles. The molecule has 0 atom stereocenters. The van der Waals surface area contributed by atoms with Gasteiger partial charge in [-0.3, -0.25) is 13.9 Å². The zero-order valence-electron chi connectivity index (χ0n) is 20.9. The van der Waals surface area contributed by atoms with Crippen molar-refractivity contribution in [1.29, 1.82) is 0 Å². The summed E-state index contributed by atoms with van der Waals surface area (Å²) in [4.78, 5) is 31.6. The normalized spacial score (nSPS) is 12.3. The van der Waals surface area contributed by atoms with Crippen molar-refractivity contribution >= 4 is 22.8 Å². The molecule has 2 heterocycles. The Morgan fingerprint density at radius 1 is 0.610 bits per heavy atom. The summed E-state index contributed by atoms with van der Waals surface area (Å²) in [5, 5.41) is -0.103. The predicted molar refractivity (Wildman–Crippen MR) is 140 cm³/mol. The van der Waals surface area contributed by atoms with Gasteiger partial charge in [0.15, 0.2) is 11.2 Å². The molecule has 0 aliphatic heterocycles. The topological polar surface area (TPSA) is 61.8 Å². The molecular formula is C28H19ClF6N4O2. The molecule has 41 heavy (non-hydrogen) atoms. The third kappa shape index (κ3) is 5.78. The van der Waals surface area contributed by atoms with Crippen molar-refractivity contribution in [1.82, 2.24) is 18.7 Å². The minimum atomic E-state index is -4.57. The summed E-state index contributed by atoms with van der Waals surface area (Å²) in [5.74, 6) is 0. The van der Waals surface area contributed by atoms with E-state index in [0.29, 0.717) is 5.56 Å². The SMILES string of the molecule is O=c1c2c(nc(Cl)n2Cc2ccccc2)n(Cc2ccc(C(F)(F)F)cc2)c(=O)n1Cc1ccc(C(F)(F)F)cc1. The molecule has 5 aromatic rings. The van der Waals surface area contributed by atoms with Gasteiger partial charge in [-0.25, -0.2) is 4.79 Å². The van der Waals surface area contributed by atoms with E-state index in [0.717, 1.165) is 51.1 Å². The average Bonchev–Trinajstić information content (AvgIpc) is 3.24. The second kappa shape index (κ2) is 10.6. The number of rotatable bonds is 6. The maximum Gasteiger partial charge on any atom is 0.416 e. The van der Waals surface area contributed by atoms with E-state index in [9.17, 15) is 35.9 Å². The zero-order chi connectivity index (χ0) is 29.5. The van der Waals surface area contributed by atoms with Crippen molar-refractivity contribution in [3.63, 3.8) is 0 Å². The highest BCUT2D eigenvalue weighted by Crippen LogP contribution is 2.30. The van der Waals surface area contributed by atoms with Crippen LogP contribution in [0.15, 0.2) is 88.5 Å².